The van der Waals surface area contributed by atoms with Crippen molar-refractivity contribution in [3.63, 3.8) is 0 Å². The van der Waals surface area contributed by atoms with Crippen LogP contribution >= 0.6 is 0 Å². The molecule has 0 aromatic heterocycles. The molecule has 2 heteroatoms. The van der Waals surface area contributed by atoms with Gasteiger partial charge in [-0.15, -0.1) is 0 Å². The van der Waals surface area contributed by atoms with Crippen molar-refractivity contribution in [3.8, 4) is 6.07 Å². The lowest BCUT2D eigenvalue weighted by molar-refractivity contribution is 0.484. The molecule has 0 radical (unpaired) electrons. The molecule has 2 nitrogen and oxygen atoms in total. The monoisotopic (exact) mass is 216 g/mol. The molecule has 0 saturated heterocycles. The van der Waals surface area contributed by atoms with Crippen LogP contribution in [0.5, 0.6) is 0 Å². The first-order valence-corrected chi connectivity index (χ1v) is 5.93. The summed E-state index contributed by atoms with van der Waals surface area (Å²) in [5.41, 5.74) is 1.35. The van der Waals surface area contributed by atoms with Crippen LogP contribution in [0.25, 0.3) is 0 Å². The van der Waals surface area contributed by atoms with Crippen molar-refractivity contribution in [2.75, 3.05) is 6.54 Å². The first-order chi connectivity index (χ1) is 7.77. The molecule has 16 heavy (non-hydrogen) atoms. The highest BCUT2D eigenvalue weighted by Crippen LogP contribution is 2.13. The summed E-state index contributed by atoms with van der Waals surface area (Å²) in [5.74, 6) is 0.494. The Hall–Kier alpha value is -1.33. The Bertz CT molecular complexity index is 326. The smallest absolute Gasteiger partial charge is 0.0638 e. The van der Waals surface area contributed by atoms with E-state index in [-0.39, 0.29) is 0 Å². The molecule has 86 valence electrons. The molecule has 0 spiro atoms. The number of benzene rings is 1. The van der Waals surface area contributed by atoms with Gasteiger partial charge in [0.1, 0.15) is 0 Å². The van der Waals surface area contributed by atoms with E-state index in [1.165, 1.54) is 5.56 Å². The van der Waals surface area contributed by atoms with E-state index in [4.69, 9.17) is 5.26 Å². The first kappa shape index (κ1) is 12.7. The van der Waals surface area contributed by atoms with Crippen LogP contribution in [0.15, 0.2) is 30.3 Å². The van der Waals surface area contributed by atoms with Crippen molar-refractivity contribution in [1.29, 1.82) is 5.26 Å². The molecule has 0 aliphatic heterocycles. The third kappa shape index (κ3) is 4.04. The van der Waals surface area contributed by atoms with Gasteiger partial charge in [0.2, 0.25) is 0 Å². The van der Waals surface area contributed by atoms with Gasteiger partial charge in [0, 0.05) is 12.6 Å². The summed E-state index contributed by atoms with van der Waals surface area (Å²) >= 11 is 0. The second-order valence-corrected chi connectivity index (χ2v) is 4.19. The molecular formula is C14H20N2. The highest BCUT2D eigenvalue weighted by Gasteiger charge is 2.08. The Labute approximate surface area is 98.3 Å². The van der Waals surface area contributed by atoms with Crippen LogP contribution < -0.4 is 5.32 Å². The molecule has 0 saturated carbocycles. The van der Waals surface area contributed by atoms with E-state index >= 15 is 0 Å². The van der Waals surface area contributed by atoms with Gasteiger partial charge in [-0.25, -0.2) is 0 Å². The second-order valence-electron chi connectivity index (χ2n) is 4.19. The zero-order valence-corrected chi connectivity index (χ0v) is 10.1. The fourth-order valence-electron chi connectivity index (χ4n) is 1.71. The van der Waals surface area contributed by atoms with Gasteiger partial charge in [-0.3, -0.25) is 0 Å². The van der Waals surface area contributed by atoms with Gasteiger partial charge in [-0.05, 0) is 17.9 Å². The summed E-state index contributed by atoms with van der Waals surface area (Å²) < 4.78 is 0. The fraction of sp³-hybridized carbons (Fsp3) is 0.500. The van der Waals surface area contributed by atoms with E-state index in [1.807, 2.05) is 6.07 Å². The van der Waals surface area contributed by atoms with Crippen LogP contribution in [0.1, 0.15) is 38.2 Å². The molecule has 0 fully saturated rings. The molecule has 0 amide bonds. The van der Waals surface area contributed by atoms with Gasteiger partial charge >= 0.3 is 0 Å². The molecule has 0 heterocycles. The summed E-state index contributed by atoms with van der Waals surface area (Å²) in [6.07, 6.45) is 1.60. The maximum atomic E-state index is 8.66. The molecule has 0 aliphatic rings. The summed E-state index contributed by atoms with van der Waals surface area (Å²) in [4.78, 5) is 0. The van der Waals surface area contributed by atoms with Crippen molar-refractivity contribution in [2.45, 2.75) is 38.6 Å². The second kappa shape index (κ2) is 7.03. The van der Waals surface area contributed by atoms with Crippen LogP contribution in [0, 0.1) is 11.3 Å². The lowest BCUT2D eigenvalue weighted by Crippen LogP contribution is -2.31. The van der Waals surface area contributed by atoms with Crippen LogP contribution in [-0.4, -0.2) is 12.6 Å². The molecule has 0 unspecified atom stereocenters. The van der Waals surface area contributed by atoms with E-state index in [1.54, 1.807) is 0 Å². The van der Waals surface area contributed by atoms with Crippen LogP contribution in [0.3, 0.4) is 0 Å². The third-order valence-corrected chi connectivity index (χ3v) is 2.91. The number of nitrogens with zero attached hydrogens (tertiary/aromatic N) is 1. The Morgan fingerprint density at radius 3 is 2.56 bits per heavy atom. The largest absolute Gasteiger partial charge is 0.312 e. The van der Waals surface area contributed by atoms with Crippen LogP contribution in [0.4, 0.5) is 0 Å². The minimum atomic E-state index is 0.330. The summed E-state index contributed by atoms with van der Waals surface area (Å²) in [6, 6.07) is 13.0. The van der Waals surface area contributed by atoms with Crippen molar-refractivity contribution in [2.24, 2.45) is 0 Å². The molecule has 1 aromatic carbocycles. The van der Waals surface area contributed by atoms with E-state index in [0.717, 1.165) is 13.0 Å². The van der Waals surface area contributed by atoms with Gasteiger partial charge in [-0.2, -0.15) is 5.26 Å². The fourth-order valence-corrected chi connectivity index (χ4v) is 1.71. The maximum absolute atomic E-state index is 8.66. The predicted octanol–water partition coefficient (Wildman–Crippen LogP) is 3.07. The lowest BCUT2D eigenvalue weighted by Gasteiger charge is -2.18. The average Bonchev–Trinajstić information content (AvgIpc) is 2.35. The third-order valence-electron chi connectivity index (χ3n) is 2.91. The SMILES string of the molecule is CC[C@H](CC#N)NC[C@H](C)c1ccccc1. The summed E-state index contributed by atoms with van der Waals surface area (Å²) in [6.45, 7) is 5.26. The van der Waals surface area contributed by atoms with Crippen molar-refractivity contribution in [3.05, 3.63) is 35.9 Å². The van der Waals surface area contributed by atoms with E-state index in [0.29, 0.717) is 18.4 Å². The van der Waals surface area contributed by atoms with Gasteiger partial charge in [0.05, 0.1) is 12.5 Å². The molecule has 0 aliphatic carbocycles. The van der Waals surface area contributed by atoms with Gasteiger partial charge in [0.25, 0.3) is 0 Å². The van der Waals surface area contributed by atoms with Crippen LogP contribution in [0.2, 0.25) is 0 Å². The van der Waals surface area contributed by atoms with E-state index in [2.05, 4.69) is 49.5 Å². The number of hydrogen-bond acceptors (Lipinski definition) is 2. The molecule has 1 N–H and O–H groups in total. The predicted molar refractivity (Wildman–Crippen MR) is 67.2 cm³/mol. The quantitative estimate of drug-likeness (QED) is 0.793. The Morgan fingerprint density at radius 2 is 2.00 bits per heavy atom. The van der Waals surface area contributed by atoms with Crippen LogP contribution in [-0.2, 0) is 0 Å². The molecule has 0 bridgehead atoms. The normalized spacial score (nSPS) is 14.1. The van der Waals surface area contributed by atoms with Gasteiger partial charge < -0.3 is 5.32 Å². The number of hydrogen-bond donors (Lipinski definition) is 1. The minimum Gasteiger partial charge on any atom is -0.312 e. The zero-order chi connectivity index (χ0) is 11.8. The number of rotatable bonds is 6. The van der Waals surface area contributed by atoms with Crippen molar-refractivity contribution < 1.29 is 0 Å². The van der Waals surface area contributed by atoms with E-state index < -0.39 is 0 Å². The van der Waals surface area contributed by atoms with Crippen molar-refractivity contribution in [1.82, 2.24) is 5.32 Å². The highest BCUT2D eigenvalue weighted by molar-refractivity contribution is 5.19. The Morgan fingerprint density at radius 1 is 1.31 bits per heavy atom. The zero-order valence-electron chi connectivity index (χ0n) is 10.1. The molecule has 2 atom stereocenters. The van der Waals surface area contributed by atoms with Gasteiger partial charge in [0.15, 0.2) is 0 Å². The molecular weight excluding hydrogens is 196 g/mol. The van der Waals surface area contributed by atoms with Gasteiger partial charge in [-0.1, -0.05) is 44.2 Å². The minimum absolute atomic E-state index is 0.330. The Kier molecular flexibility index (Phi) is 5.60. The molecule has 1 rings (SSSR count). The lowest BCUT2D eigenvalue weighted by atomic mass is 10.0. The van der Waals surface area contributed by atoms with Crippen molar-refractivity contribution >= 4 is 0 Å². The molecule has 1 aromatic rings. The average molecular weight is 216 g/mol. The van der Waals surface area contributed by atoms with E-state index in [9.17, 15) is 0 Å². The highest BCUT2D eigenvalue weighted by atomic mass is 14.9. The Balaban J connectivity index is 2.41. The standard InChI is InChI=1S/C14H20N2/c1-3-14(9-10-15)16-11-12(2)13-7-5-4-6-8-13/h4-8,12,14,16H,3,9,11H2,1-2H3/t12-,14+/m0/s1. The summed E-state index contributed by atoms with van der Waals surface area (Å²) in [5, 5.41) is 12.1. The first-order valence-electron chi connectivity index (χ1n) is 5.93. The number of nitrogens with one attached hydrogen (secondary N) is 1. The summed E-state index contributed by atoms with van der Waals surface area (Å²) in [7, 11) is 0. The number of nitriles is 1. The maximum Gasteiger partial charge on any atom is 0.0638 e. The topological polar surface area (TPSA) is 35.8 Å².